The topological polar surface area (TPSA) is 115 Å². The summed E-state index contributed by atoms with van der Waals surface area (Å²) in [6.45, 7) is 0. The summed E-state index contributed by atoms with van der Waals surface area (Å²) in [7, 11) is 0. The standard InChI is InChI=1S/C20H15Cl2N5O4/c21-12-8-10(23-19(29)18-24-20(30)31-25-18)9-13(22)17(12)26-7-6-15-14(26)4-5-16(28)27(15)11-2-1-3-11/h4-9,11H,1-3H2,(H,23,29)(H,24,25,30). The zero-order chi connectivity index (χ0) is 21.7. The van der Waals surface area contributed by atoms with Gasteiger partial charge in [0.25, 0.3) is 11.5 Å². The number of pyridine rings is 1. The van der Waals surface area contributed by atoms with E-state index >= 15 is 0 Å². The molecule has 0 unspecified atom stereocenters. The average molecular weight is 460 g/mol. The number of fused-ring (bicyclic) bond motifs is 1. The van der Waals surface area contributed by atoms with Crippen LogP contribution in [-0.2, 0) is 0 Å². The largest absolute Gasteiger partial charge is 0.439 e. The van der Waals surface area contributed by atoms with Gasteiger partial charge in [-0.2, -0.15) is 0 Å². The minimum atomic E-state index is -0.837. The number of carbonyl (C=O) groups is 1. The number of hydrogen-bond donors (Lipinski definition) is 2. The Morgan fingerprint density at radius 1 is 1.13 bits per heavy atom. The van der Waals surface area contributed by atoms with Crippen LogP contribution in [0.2, 0.25) is 10.0 Å². The van der Waals surface area contributed by atoms with Gasteiger partial charge in [-0.3, -0.25) is 19.1 Å². The number of H-pyrrole nitrogens is 1. The number of hydrogen-bond acceptors (Lipinski definition) is 5. The molecule has 0 saturated heterocycles. The lowest BCUT2D eigenvalue weighted by atomic mass is 9.92. The van der Waals surface area contributed by atoms with Crippen LogP contribution in [0.25, 0.3) is 16.7 Å². The van der Waals surface area contributed by atoms with Crippen molar-refractivity contribution in [3.8, 4) is 5.69 Å². The Hall–Kier alpha value is -3.30. The fraction of sp³-hybridized carbons (Fsp3) is 0.200. The summed E-state index contributed by atoms with van der Waals surface area (Å²) in [5, 5.41) is 6.47. The molecule has 11 heteroatoms. The molecule has 9 nitrogen and oxygen atoms in total. The Labute approximate surface area is 184 Å². The molecule has 31 heavy (non-hydrogen) atoms. The van der Waals surface area contributed by atoms with E-state index in [9.17, 15) is 14.4 Å². The van der Waals surface area contributed by atoms with Crippen molar-refractivity contribution in [1.82, 2.24) is 19.3 Å². The minimum absolute atomic E-state index is 0.0314. The maximum Gasteiger partial charge on any atom is 0.439 e. The average Bonchev–Trinajstić information content (AvgIpc) is 3.29. The van der Waals surface area contributed by atoms with E-state index in [4.69, 9.17) is 23.2 Å². The van der Waals surface area contributed by atoms with Crippen LogP contribution in [0.4, 0.5) is 5.69 Å². The number of aromatic amines is 1. The van der Waals surface area contributed by atoms with Gasteiger partial charge >= 0.3 is 5.76 Å². The molecule has 1 aromatic carbocycles. The van der Waals surface area contributed by atoms with Crippen molar-refractivity contribution in [1.29, 1.82) is 0 Å². The highest BCUT2D eigenvalue weighted by Crippen LogP contribution is 2.37. The van der Waals surface area contributed by atoms with Crippen LogP contribution in [0.3, 0.4) is 0 Å². The summed E-state index contributed by atoms with van der Waals surface area (Å²) in [6, 6.07) is 8.44. The molecule has 0 aliphatic heterocycles. The third-order valence-electron chi connectivity index (χ3n) is 5.40. The molecule has 1 amide bonds. The highest BCUT2D eigenvalue weighted by Gasteiger charge is 2.23. The number of aromatic nitrogens is 4. The summed E-state index contributed by atoms with van der Waals surface area (Å²) >= 11 is 13.0. The van der Waals surface area contributed by atoms with E-state index in [2.05, 4.69) is 20.0 Å². The maximum atomic E-state index is 12.4. The summed E-state index contributed by atoms with van der Waals surface area (Å²) in [5.74, 6) is -1.79. The first-order chi connectivity index (χ1) is 14.9. The molecule has 0 radical (unpaired) electrons. The molecule has 1 saturated carbocycles. The molecule has 0 spiro atoms. The molecule has 1 aliphatic carbocycles. The Morgan fingerprint density at radius 3 is 2.48 bits per heavy atom. The number of anilines is 1. The van der Waals surface area contributed by atoms with Crippen molar-refractivity contribution in [3.05, 3.63) is 73.3 Å². The minimum Gasteiger partial charge on any atom is -0.319 e. The lowest BCUT2D eigenvalue weighted by Gasteiger charge is -2.28. The fourth-order valence-electron chi connectivity index (χ4n) is 3.76. The second-order valence-corrected chi connectivity index (χ2v) is 8.08. The predicted octanol–water partition coefficient (Wildman–Crippen LogP) is 3.75. The quantitative estimate of drug-likeness (QED) is 0.482. The zero-order valence-corrected chi connectivity index (χ0v) is 17.4. The molecular formula is C20H15Cl2N5O4. The molecular weight excluding hydrogens is 445 g/mol. The van der Waals surface area contributed by atoms with Crippen molar-refractivity contribution in [3.63, 3.8) is 0 Å². The molecule has 0 atom stereocenters. The third-order valence-corrected chi connectivity index (χ3v) is 5.97. The molecule has 1 fully saturated rings. The van der Waals surface area contributed by atoms with Gasteiger partial charge in [0.1, 0.15) is 0 Å². The molecule has 4 aromatic rings. The van der Waals surface area contributed by atoms with Crippen molar-refractivity contribution in [2.45, 2.75) is 25.3 Å². The van der Waals surface area contributed by atoms with Gasteiger partial charge in [0.05, 0.1) is 26.8 Å². The maximum absolute atomic E-state index is 12.4. The van der Waals surface area contributed by atoms with E-state index < -0.39 is 11.7 Å². The van der Waals surface area contributed by atoms with E-state index in [-0.39, 0.29) is 27.5 Å². The van der Waals surface area contributed by atoms with Gasteiger partial charge in [-0.25, -0.2) is 4.79 Å². The summed E-state index contributed by atoms with van der Waals surface area (Å²) in [5.41, 5.74) is 2.42. The number of nitrogens with zero attached hydrogens (tertiary/aromatic N) is 3. The van der Waals surface area contributed by atoms with Gasteiger partial charge in [-0.05, 0) is 48.7 Å². The van der Waals surface area contributed by atoms with Gasteiger partial charge < -0.3 is 14.5 Å². The smallest absolute Gasteiger partial charge is 0.319 e. The molecule has 3 heterocycles. The van der Waals surface area contributed by atoms with Crippen LogP contribution in [0, 0.1) is 0 Å². The van der Waals surface area contributed by atoms with Crippen molar-refractivity contribution in [2.75, 3.05) is 5.32 Å². The SMILES string of the molecule is O=C(Nc1cc(Cl)c(-n2ccc3c2ccc(=O)n3C2CCC2)c(Cl)c1)c1noc(=O)[nH]1. The second kappa shape index (κ2) is 7.44. The predicted molar refractivity (Wildman–Crippen MR) is 116 cm³/mol. The highest BCUT2D eigenvalue weighted by molar-refractivity contribution is 6.38. The first-order valence-electron chi connectivity index (χ1n) is 9.52. The number of nitrogens with one attached hydrogen (secondary N) is 2. The van der Waals surface area contributed by atoms with Crippen LogP contribution in [-0.4, -0.2) is 25.2 Å². The van der Waals surface area contributed by atoms with Crippen LogP contribution >= 0.6 is 23.2 Å². The van der Waals surface area contributed by atoms with E-state index in [1.807, 2.05) is 21.4 Å². The van der Waals surface area contributed by atoms with E-state index in [1.54, 1.807) is 12.1 Å². The Balaban J connectivity index is 1.54. The lowest BCUT2D eigenvalue weighted by molar-refractivity contribution is 0.101. The zero-order valence-electron chi connectivity index (χ0n) is 15.9. The van der Waals surface area contributed by atoms with Crippen LogP contribution in [0.1, 0.15) is 35.9 Å². The third kappa shape index (κ3) is 3.35. The fourth-order valence-corrected chi connectivity index (χ4v) is 4.42. The molecule has 3 aromatic heterocycles. The van der Waals surface area contributed by atoms with Crippen molar-refractivity contribution >= 4 is 45.8 Å². The first-order valence-corrected chi connectivity index (χ1v) is 10.3. The van der Waals surface area contributed by atoms with Gasteiger partial charge in [-0.15, -0.1) is 0 Å². The Morgan fingerprint density at radius 2 is 1.87 bits per heavy atom. The first kappa shape index (κ1) is 19.7. The number of halogens is 2. The van der Waals surface area contributed by atoms with E-state index in [0.717, 1.165) is 30.3 Å². The van der Waals surface area contributed by atoms with E-state index in [0.29, 0.717) is 11.4 Å². The number of rotatable bonds is 4. The Kier molecular flexibility index (Phi) is 4.71. The lowest BCUT2D eigenvalue weighted by Crippen LogP contribution is -2.28. The van der Waals surface area contributed by atoms with Crippen molar-refractivity contribution in [2.24, 2.45) is 0 Å². The van der Waals surface area contributed by atoms with Crippen LogP contribution in [0.15, 0.2) is 50.6 Å². The van der Waals surface area contributed by atoms with Gasteiger partial charge in [-0.1, -0.05) is 23.2 Å². The van der Waals surface area contributed by atoms with Crippen LogP contribution in [0.5, 0.6) is 0 Å². The summed E-state index contributed by atoms with van der Waals surface area (Å²) in [6.07, 6.45) is 4.89. The normalized spacial score (nSPS) is 14.0. The molecule has 2 N–H and O–H groups in total. The van der Waals surface area contributed by atoms with Gasteiger partial charge in [0, 0.05) is 24.0 Å². The summed E-state index contributed by atoms with van der Waals surface area (Å²) in [4.78, 5) is 37.8. The van der Waals surface area contributed by atoms with Gasteiger partial charge in [0.2, 0.25) is 5.82 Å². The molecule has 0 bridgehead atoms. The van der Waals surface area contributed by atoms with Crippen molar-refractivity contribution < 1.29 is 9.32 Å². The molecule has 1 aliphatic rings. The van der Waals surface area contributed by atoms with Crippen LogP contribution < -0.4 is 16.6 Å². The Bertz CT molecular complexity index is 1420. The highest BCUT2D eigenvalue weighted by atomic mass is 35.5. The van der Waals surface area contributed by atoms with Gasteiger partial charge in [0.15, 0.2) is 0 Å². The second-order valence-electron chi connectivity index (χ2n) is 7.27. The monoisotopic (exact) mass is 459 g/mol. The number of benzene rings is 1. The number of amides is 1. The van der Waals surface area contributed by atoms with E-state index in [1.165, 1.54) is 12.1 Å². The number of carbonyl (C=O) groups excluding carboxylic acids is 1. The molecule has 158 valence electrons. The molecule has 5 rings (SSSR count). The summed E-state index contributed by atoms with van der Waals surface area (Å²) < 4.78 is 7.96.